The molecule has 156 valence electrons. The van der Waals surface area contributed by atoms with E-state index in [1.54, 1.807) is 20.3 Å². The van der Waals surface area contributed by atoms with Gasteiger partial charge in [-0.15, -0.1) is 0 Å². The third-order valence-electron chi connectivity index (χ3n) is 4.60. The SMILES string of the molecule is CC(C)[CH2][AlH][CH2]C(C)C.COc1ccc(C(=CC=O)c2ccc(OC)cc2)cc1. The summed E-state index contributed by atoms with van der Waals surface area (Å²) in [4.78, 5) is 10.9. The van der Waals surface area contributed by atoms with Crippen molar-refractivity contribution in [2.45, 2.75) is 38.3 Å². The lowest BCUT2D eigenvalue weighted by molar-refractivity contribution is -0.104. The lowest BCUT2D eigenvalue weighted by Gasteiger charge is -2.09. The van der Waals surface area contributed by atoms with Gasteiger partial charge in [-0.2, -0.15) is 0 Å². The van der Waals surface area contributed by atoms with Gasteiger partial charge in [0.2, 0.25) is 15.2 Å². The molecule has 0 bridgehead atoms. The van der Waals surface area contributed by atoms with Gasteiger partial charge in [-0.1, -0.05) is 74.4 Å². The maximum atomic E-state index is 10.9. The molecule has 29 heavy (non-hydrogen) atoms. The number of hydrogen-bond donors (Lipinski definition) is 0. The Kier molecular flexibility index (Phi) is 12.1. The summed E-state index contributed by atoms with van der Waals surface area (Å²) in [6, 6.07) is 15.2. The molecular weight excluding hydrogens is 375 g/mol. The molecule has 0 N–H and O–H groups in total. The smallest absolute Gasteiger partial charge is 0.237 e. The van der Waals surface area contributed by atoms with Crippen LogP contribution >= 0.6 is 0 Å². The molecule has 0 amide bonds. The van der Waals surface area contributed by atoms with Crippen molar-refractivity contribution in [2.24, 2.45) is 11.8 Å². The van der Waals surface area contributed by atoms with Crippen molar-refractivity contribution in [3.05, 3.63) is 65.7 Å². The first-order chi connectivity index (χ1) is 13.9. The summed E-state index contributed by atoms with van der Waals surface area (Å²) in [5.74, 6) is 3.48. The maximum absolute atomic E-state index is 10.9. The van der Waals surface area contributed by atoms with E-state index in [1.165, 1.54) is 10.6 Å². The van der Waals surface area contributed by atoms with E-state index in [0.717, 1.165) is 46.3 Å². The Morgan fingerprint density at radius 3 is 1.45 bits per heavy atom. The van der Waals surface area contributed by atoms with Crippen LogP contribution in [0.3, 0.4) is 0 Å². The Morgan fingerprint density at radius 1 is 0.793 bits per heavy atom. The van der Waals surface area contributed by atoms with Crippen LogP contribution in [-0.4, -0.2) is 35.7 Å². The summed E-state index contributed by atoms with van der Waals surface area (Å²) in [5.41, 5.74) is 2.79. The number of methoxy groups -OCH3 is 2. The van der Waals surface area contributed by atoms with E-state index in [0.29, 0.717) is 15.2 Å². The normalized spacial score (nSPS) is 10.1. The molecule has 2 aromatic rings. The van der Waals surface area contributed by atoms with Gasteiger partial charge in [-0.3, -0.25) is 4.79 Å². The second-order valence-electron chi connectivity index (χ2n) is 7.89. The highest BCUT2D eigenvalue weighted by Gasteiger charge is 2.05. The van der Waals surface area contributed by atoms with Crippen LogP contribution in [0.15, 0.2) is 54.6 Å². The van der Waals surface area contributed by atoms with Crippen LogP contribution in [0.1, 0.15) is 38.8 Å². The fourth-order valence-electron chi connectivity index (χ4n) is 2.90. The number of benzene rings is 2. The topological polar surface area (TPSA) is 35.5 Å². The first-order valence-corrected chi connectivity index (χ1v) is 12.4. The fraction of sp³-hybridized carbons (Fsp3) is 0.400. The second-order valence-corrected chi connectivity index (χ2v) is 9.75. The molecule has 0 atom stereocenters. The molecule has 0 saturated carbocycles. The quantitative estimate of drug-likeness (QED) is 0.293. The number of allylic oxidation sites excluding steroid dienone is 1. The zero-order valence-corrected chi connectivity index (χ0v) is 20.2. The van der Waals surface area contributed by atoms with Crippen LogP contribution < -0.4 is 9.47 Å². The molecule has 0 radical (unpaired) electrons. The summed E-state index contributed by atoms with van der Waals surface area (Å²) in [6.45, 7) is 9.31. The Labute approximate surface area is 182 Å². The van der Waals surface area contributed by atoms with Gasteiger partial charge in [0.15, 0.2) is 0 Å². The van der Waals surface area contributed by atoms with Gasteiger partial charge in [0.1, 0.15) is 17.8 Å². The summed E-state index contributed by atoms with van der Waals surface area (Å²) in [5, 5.41) is 3.08. The van der Waals surface area contributed by atoms with Gasteiger partial charge in [-0.25, -0.2) is 0 Å². The molecular formula is C25H35AlO3. The second kappa shape index (κ2) is 14.0. The van der Waals surface area contributed by atoms with Crippen molar-refractivity contribution in [1.82, 2.24) is 0 Å². The number of rotatable bonds is 9. The summed E-state index contributed by atoms with van der Waals surface area (Å²) in [6.07, 6.45) is 2.35. The van der Waals surface area contributed by atoms with Crippen LogP contribution in [0.4, 0.5) is 0 Å². The molecule has 0 aliphatic rings. The standard InChI is InChI=1S/C17H16O3.2C4H9.Al.H/c1-19-15-7-3-13(4-8-15)17(11-12-18)14-5-9-16(20-2)10-6-14;2*1-4(2)3;;/h3-12H,1-2H3;2*4H,1H2,2-3H3;;. The van der Waals surface area contributed by atoms with Gasteiger partial charge in [0.05, 0.1) is 14.2 Å². The lowest BCUT2D eigenvalue weighted by Crippen LogP contribution is -1.99. The van der Waals surface area contributed by atoms with E-state index in [9.17, 15) is 4.79 Å². The minimum absolute atomic E-state index is 0.316. The number of carbonyl (C=O) groups excluding carboxylic acids is 1. The van der Waals surface area contributed by atoms with E-state index in [1.807, 2.05) is 48.5 Å². The molecule has 3 nitrogen and oxygen atoms in total. The zero-order chi connectivity index (χ0) is 21.6. The molecule has 2 rings (SSSR count). The Balaban J connectivity index is 0.000000396. The summed E-state index contributed by atoms with van der Waals surface area (Å²) >= 11 is 0.316. The van der Waals surface area contributed by atoms with Gasteiger partial charge < -0.3 is 9.47 Å². The van der Waals surface area contributed by atoms with Crippen molar-refractivity contribution < 1.29 is 14.3 Å². The molecule has 0 aromatic heterocycles. The van der Waals surface area contributed by atoms with Crippen LogP contribution in [-0.2, 0) is 4.79 Å². The largest absolute Gasteiger partial charge is 0.497 e. The monoisotopic (exact) mass is 410 g/mol. The van der Waals surface area contributed by atoms with Crippen LogP contribution in [0.25, 0.3) is 5.57 Å². The molecule has 0 saturated heterocycles. The van der Waals surface area contributed by atoms with Crippen LogP contribution in [0, 0.1) is 11.8 Å². The third-order valence-corrected chi connectivity index (χ3v) is 7.73. The summed E-state index contributed by atoms with van der Waals surface area (Å²) in [7, 11) is 3.25. The Bertz CT molecular complexity index is 674. The Hall–Kier alpha value is -2.02. The predicted octanol–water partition coefficient (Wildman–Crippen LogP) is 5.91. The number of ether oxygens (including phenoxy) is 2. The molecule has 0 heterocycles. The van der Waals surface area contributed by atoms with Gasteiger partial charge >= 0.3 is 0 Å². The average Bonchev–Trinajstić information content (AvgIpc) is 2.72. The minimum atomic E-state index is 0.316. The van der Waals surface area contributed by atoms with Gasteiger partial charge in [0, 0.05) is 0 Å². The van der Waals surface area contributed by atoms with Crippen molar-refractivity contribution in [3.63, 3.8) is 0 Å². The van der Waals surface area contributed by atoms with Crippen molar-refractivity contribution in [1.29, 1.82) is 0 Å². The van der Waals surface area contributed by atoms with Crippen LogP contribution in [0.2, 0.25) is 10.6 Å². The Morgan fingerprint density at radius 2 is 1.17 bits per heavy atom. The fourth-order valence-corrected chi connectivity index (χ4v) is 4.77. The number of carbonyl (C=O) groups is 1. The van der Waals surface area contributed by atoms with E-state index in [4.69, 9.17) is 9.47 Å². The van der Waals surface area contributed by atoms with Gasteiger partial charge in [-0.05, 0) is 47.0 Å². The molecule has 0 aliphatic heterocycles. The highest BCUT2D eigenvalue weighted by atomic mass is 27.1. The van der Waals surface area contributed by atoms with E-state index in [2.05, 4.69) is 27.7 Å². The zero-order valence-electron chi connectivity index (χ0n) is 18.8. The number of aldehydes is 1. The molecule has 0 fully saturated rings. The van der Waals surface area contributed by atoms with Crippen LogP contribution in [0.5, 0.6) is 11.5 Å². The molecule has 2 aromatic carbocycles. The van der Waals surface area contributed by atoms with E-state index >= 15 is 0 Å². The minimum Gasteiger partial charge on any atom is -0.497 e. The first kappa shape index (κ1) is 25.0. The van der Waals surface area contributed by atoms with Crippen molar-refractivity contribution >= 4 is 27.1 Å². The molecule has 4 heteroatoms. The highest BCUT2D eigenvalue weighted by molar-refractivity contribution is 6.35. The molecule has 0 spiro atoms. The average molecular weight is 411 g/mol. The predicted molar refractivity (Wildman–Crippen MR) is 126 cm³/mol. The molecule has 0 aliphatic carbocycles. The summed E-state index contributed by atoms with van der Waals surface area (Å²) < 4.78 is 10.3. The first-order valence-electron chi connectivity index (χ1n) is 10.4. The highest BCUT2D eigenvalue weighted by Crippen LogP contribution is 2.26. The number of hydrogen-bond acceptors (Lipinski definition) is 3. The van der Waals surface area contributed by atoms with Crippen molar-refractivity contribution in [2.75, 3.05) is 14.2 Å². The van der Waals surface area contributed by atoms with E-state index in [-0.39, 0.29) is 0 Å². The third kappa shape index (κ3) is 9.83. The lowest BCUT2D eigenvalue weighted by atomic mass is 9.97. The maximum Gasteiger partial charge on any atom is 0.237 e. The van der Waals surface area contributed by atoms with Crippen molar-refractivity contribution in [3.8, 4) is 11.5 Å². The van der Waals surface area contributed by atoms with Gasteiger partial charge in [0.25, 0.3) is 0 Å². The molecule has 0 unspecified atom stereocenters. The van der Waals surface area contributed by atoms with E-state index < -0.39 is 0 Å².